The summed E-state index contributed by atoms with van der Waals surface area (Å²) >= 11 is 0. The molecule has 0 bridgehead atoms. The van der Waals surface area contributed by atoms with Crippen molar-refractivity contribution >= 4 is 5.70 Å². The minimum Gasteiger partial charge on any atom is -0.406 e. The summed E-state index contributed by atoms with van der Waals surface area (Å²) in [5.74, 6) is -0.241. The molecule has 0 spiro atoms. The highest BCUT2D eigenvalue weighted by molar-refractivity contribution is 5.61. The SMILES string of the molecule is C=C(NC)c1ccc(OC(F)(F)F)cc1. The van der Waals surface area contributed by atoms with Crippen LogP contribution in [-0.4, -0.2) is 13.4 Å². The fourth-order valence-corrected chi connectivity index (χ4v) is 1.00. The van der Waals surface area contributed by atoms with Crippen LogP contribution in [-0.2, 0) is 0 Å². The van der Waals surface area contributed by atoms with Gasteiger partial charge in [0.15, 0.2) is 0 Å². The predicted molar refractivity (Wildman–Crippen MR) is 51.2 cm³/mol. The second-order valence-corrected chi connectivity index (χ2v) is 2.80. The van der Waals surface area contributed by atoms with E-state index in [0.29, 0.717) is 11.3 Å². The monoisotopic (exact) mass is 217 g/mol. The molecule has 15 heavy (non-hydrogen) atoms. The maximum absolute atomic E-state index is 11.8. The van der Waals surface area contributed by atoms with Crippen molar-refractivity contribution in [2.24, 2.45) is 0 Å². The number of halogens is 3. The Morgan fingerprint density at radius 1 is 1.27 bits per heavy atom. The summed E-state index contributed by atoms with van der Waals surface area (Å²) in [6, 6.07) is 5.48. The summed E-state index contributed by atoms with van der Waals surface area (Å²) in [6.07, 6.45) is -4.65. The predicted octanol–water partition coefficient (Wildman–Crippen LogP) is 2.78. The van der Waals surface area contributed by atoms with E-state index >= 15 is 0 Å². The molecule has 0 heterocycles. The Kier molecular flexibility index (Phi) is 3.24. The highest BCUT2D eigenvalue weighted by Crippen LogP contribution is 2.23. The largest absolute Gasteiger partial charge is 0.573 e. The van der Waals surface area contributed by atoms with Crippen LogP contribution in [0, 0.1) is 0 Å². The third-order valence-corrected chi connectivity index (χ3v) is 1.74. The first kappa shape index (κ1) is 11.4. The van der Waals surface area contributed by atoms with Gasteiger partial charge in [0.1, 0.15) is 5.75 Å². The molecule has 0 aromatic heterocycles. The van der Waals surface area contributed by atoms with Gasteiger partial charge in [-0.1, -0.05) is 6.58 Å². The van der Waals surface area contributed by atoms with E-state index in [1.807, 2.05) is 0 Å². The fourth-order valence-electron chi connectivity index (χ4n) is 1.00. The Hall–Kier alpha value is -1.65. The van der Waals surface area contributed by atoms with Gasteiger partial charge in [0.2, 0.25) is 0 Å². The van der Waals surface area contributed by atoms with Crippen LogP contribution in [0.5, 0.6) is 5.75 Å². The van der Waals surface area contributed by atoms with Crippen LogP contribution in [0.4, 0.5) is 13.2 Å². The van der Waals surface area contributed by atoms with Crippen molar-refractivity contribution < 1.29 is 17.9 Å². The van der Waals surface area contributed by atoms with E-state index in [2.05, 4.69) is 16.6 Å². The van der Waals surface area contributed by atoms with Crippen molar-refractivity contribution in [3.05, 3.63) is 36.4 Å². The first-order valence-electron chi connectivity index (χ1n) is 4.15. The second kappa shape index (κ2) is 4.25. The van der Waals surface area contributed by atoms with E-state index in [9.17, 15) is 13.2 Å². The zero-order chi connectivity index (χ0) is 11.5. The molecule has 1 aromatic carbocycles. The van der Waals surface area contributed by atoms with Gasteiger partial charge in [-0.15, -0.1) is 13.2 Å². The lowest BCUT2D eigenvalue weighted by molar-refractivity contribution is -0.274. The van der Waals surface area contributed by atoms with Gasteiger partial charge in [0.25, 0.3) is 0 Å². The molecule has 1 aromatic rings. The summed E-state index contributed by atoms with van der Waals surface area (Å²) in [5.41, 5.74) is 1.35. The van der Waals surface area contributed by atoms with Crippen LogP contribution in [0.3, 0.4) is 0 Å². The number of alkyl halides is 3. The molecule has 0 amide bonds. The lowest BCUT2D eigenvalue weighted by Gasteiger charge is -2.09. The van der Waals surface area contributed by atoms with Gasteiger partial charge in [-0.2, -0.15) is 0 Å². The van der Waals surface area contributed by atoms with E-state index in [4.69, 9.17) is 0 Å². The van der Waals surface area contributed by atoms with Gasteiger partial charge in [-0.05, 0) is 29.8 Å². The molecule has 1 rings (SSSR count). The van der Waals surface area contributed by atoms with Crippen LogP contribution in [0.2, 0.25) is 0 Å². The van der Waals surface area contributed by atoms with Gasteiger partial charge in [-0.25, -0.2) is 0 Å². The molecule has 0 unspecified atom stereocenters. The summed E-state index contributed by atoms with van der Waals surface area (Å²) in [4.78, 5) is 0. The van der Waals surface area contributed by atoms with Gasteiger partial charge in [0, 0.05) is 12.7 Å². The molecule has 0 radical (unpaired) electrons. The van der Waals surface area contributed by atoms with E-state index in [1.165, 1.54) is 24.3 Å². The standard InChI is InChI=1S/C10H10F3NO/c1-7(14-2)8-3-5-9(6-4-8)15-10(11,12)13/h3-6,14H,1H2,2H3. The maximum atomic E-state index is 11.8. The molecule has 0 aliphatic carbocycles. The van der Waals surface area contributed by atoms with Gasteiger partial charge in [0.05, 0.1) is 0 Å². The molecular weight excluding hydrogens is 207 g/mol. The van der Waals surface area contributed by atoms with E-state index in [0.717, 1.165) is 0 Å². The molecule has 0 aliphatic rings. The van der Waals surface area contributed by atoms with Crippen LogP contribution in [0.1, 0.15) is 5.56 Å². The highest BCUT2D eigenvalue weighted by Gasteiger charge is 2.30. The molecule has 0 atom stereocenters. The van der Waals surface area contributed by atoms with Crippen LogP contribution >= 0.6 is 0 Å². The zero-order valence-electron chi connectivity index (χ0n) is 8.06. The summed E-state index contributed by atoms with van der Waals surface area (Å²) < 4.78 is 39.2. The number of hydrogen-bond acceptors (Lipinski definition) is 2. The smallest absolute Gasteiger partial charge is 0.406 e. The Balaban J connectivity index is 2.77. The van der Waals surface area contributed by atoms with Crippen molar-refractivity contribution in [2.75, 3.05) is 7.05 Å². The number of rotatable bonds is 3. The number of benzene rings is 1. The van der Waals surface area contributed by atoms with Crippen molar-refractivity contribution in [1.82, 2.24) is 5.32 Å². The summed E-state index contributed by atoms with van der Waals surface area (Å²) in [7, 11) is 1.68. The van der Waals surface area contributed by atoms with Crippen LogP contribution in [0.25, 0.3) is 5.70 Å². The van der Waals surface area contributed by atoms with Crippen molar-refractivity contribution in [3.63, 3.8) is 0 Å². The normalized spacial score (nSPS) is 10.9. The topological polar surface area (TPSA) is 21.3 Å². The molecule has 1 N–H and O–H groups in total. The van der Waals surface area contributed by atoms with Gasteiger partial charge < -0.3 is 10.1 Å². The van der Waals surface area contributed by atoms with Crippen LogP contribution in [0.15, 0.2) is 30.8 Å². The van der Waals surface area contributed by atoms with E-state index in [1.54, 1.807) is 7.05 Å². The minimum absolute atomic E-state index is 0.241. The van der Waals surface area contributed by atoms with Gasteiger partial charge >= 0.3 is 6.36 Å². The van der Waals surface area contributed by atoms with Crippen molar-refractivity contribution in [3.8, 4) is 5.75 Å². The molecule has 0 aliphatic heterocycles. The molecule has 5 heteroatoms. The lowest BCUT2D eigenvalue weighted by Crippen LogP contribution is -2.17. The summed E-state index contributed by atoms with van der Waals surface area (Å²) in [5, 5.41) is 2.79. The van der Waals surface area contributed by atoms with Crippen LogP contribution < -0.4 is 10.1 Å². The summed E-state index contributed by atoms with van der Waals surface area (Å²) in [6.45, 7) is 3.67. The minimum atomic E-state index is -4.65. The molecule has 0 saturated heterocycles. The second-order valence-electron chi connectivity index (χ2n) is 2.80. The highest BCUT2D eigenvalue weighted by atomic mass is 19.4. The Labute approximate surface area is 85.4 Å². The lowest BCUT2D eigenvalue weighted by atomic mass is 10.2. The van der Waals surface area contributed by atoms with Gasteiger partial charge in [-0.3, -0.25) is 0 Å². The van der Waals surface area contributed by atoms with Crippen molar-refractivity contribution in [2.45, 2.75) is 6.36 Å². The van der Waals surface area contributed by atoms with Crippen molar-refractivity contribution in [1.29, 1.82) is 0 Å². The Bertz CT molecular complexity index is 343. The average molecular weight is 217 g/mol. The molecule has 0 fully saturated rings. The number of hydrogen-bond donors (Lipinski definition) is 1. The number of ether oxygens (including phenoxy) is 1. The molecule has 82 valence electrons. The maximum Gasteiger partial charge on any atom is 0.573 e. The first-order chi connectivity index (χ1) is 6.92. The number of nitrogens with one attached hydrogen (secondary N) is 1. The van der Waals surface area contributed by atoms with E-state index < -0.39 is 6.36 Å². The molecule has 0 saturated carbocycles. The fraction of sp³-hybridized carbons (Fsp3) is 0.200. The first-order valence-corrected chi connectivity index (χ1v) is 4.15. The average Bonchev–Trinajstić information content (AvgIpc) is 2.15. The zero-order valence-corrected chi connectivity index (χ0v) is 8.06. The Morgan fingerprint density at radius 3 is 2.20 bits per heavy atom. The third-order valence-electron chi connectivity index (χ3n) is 1.74. The quantitative estimate of drug-likeness (QED) is 0.840. The molecular formula is C10H10F3NO. The van der Waals surface area contributed by atoms with E-state index in [-0.39, 0.29) is 5.75 Å². The third kappa shape index (κ3) is 3.53. The molecule has 2 nitrogen and oxygen atoms in total. The Morgan fingerprint density at radius 2 is 1.80 bits per heavy atom.